The van der Waals surface area contributed by atoms with E-state index in [0.29, 0.717) is 12.0 Å². The third-order valence-electron chi connectivity index (χ3n) is 3.74. The lowest BCUT2D eigenvalue weighted by Crippen LogP contribution is -2.00. The Labute approximate surface area is 128 Å². The maximum absolute atomic E-state index is 11.1. The van der Waals surface area contributed by atoms with E-state index in [-0.39, 0.29) is 5.09 Å². The molecule has 0 aromatic carbocycles. The van der Waals surface area contributed by atoms with Crippen molar-refractivity contribution in [1.29, 1.82) is 0 Å². The molecule has 122 valence electrons. The van der Waals surface area contributed by atoms with Gasteiger partial charge in [0.25, 0.3) is 0 Å². The minimum atomic E-state index is -4.22. The zero-order chi connectivity index (χ0) is 15.6. The molecule has 4 nitrogen and oxygen atoms in total. The van der Waals surface area contributed by atoms with E-state index >= 15 is 0 Å². The fourth-order valence-corrected chi connectivity index (χ4v) is 3.22. The van der Waals surface area contributed by atoms with Crippen LogP contribution in [0.5, 0.6) is 0 Å². The Hall–Kier alpha value is -0.810. The maximum atomic E-state index is 11.1. The monoisotopic (exact) mass is 316 g/mol. The largest absolute Gasteiger partial charge is 0.451 e. The Morgan fingerprint density at radius 3 is 2.00 bits per heavy atom. The summed E-state index contributed by atoms with van der Waals surface area (Å²) in [6.45, 7) is 2.23. The van der Waals surface area contributed by atoms with Crippen molar-refractivity contribution < 1.29 is 17.4 Å². The lowest BCUT2D eigenvalue weighted by molar-refractivity contribution is 0.401. The van der Waals surface area contributed by atoms with E-state index in [4.69, 9.17) is 8.97 Å². The van der Waals surface area contributed by atoms with Gasteiger partial charge in [-0.15, -0.1) is 0 Å². The Morgan fingerprint density at radius 1 is 0.952 bits per heavy atom. The SMILES string of the molecule is CCCCCCCCCCCCc1ccoc1S(=O)(=O)O. The highest BCUT2D eigenvalue weighted by Gasteiger charge is 2.18. The minimum absolute atomic E-state index is 0.293. The van der Waals surface area contributed by atoms with Crippen molar-refractivity contribution in [3.8, 4) is 0 Å². The summed E-state index contributed by atoms with van der Waals surface area (Å²) in [7, 11) is -4.22. The molecule has 1 aromatic rings. The van der Waals surface area contributed by atoms with Crippen LogP contribution < -0.4 is 0 Å². The molecule has 1 aromatic heterocycles. The summed E-state index contributed by atoms with van der Waals surface area (Å²) in [6.07, 6.45) is 14.4. The Kier molecular flexibility index (Phi) is 8.69. The highest BCUT2D eigenvalue weighted by Crippen LogP contribution is 2.19. The van der Waals surface area contributed by atoms with Crippen molar-refractivity contribution in [3.63, 3.8) is 0 Å². The van der Waals surface area contributed by atoms with Crippen LogP contribution in [0.2, 0.25) is 0 Å². The Morgan fingerprint density at radius 2 is 1.48 bits per heavy atom. The normalized spacial score (nSPS) is 11.9. The van der Waals surface area contributed by atoms with Crippen LogP contribution in [-0.4, -0.2) is 13.0 Å². The summed E-state index contributed by atoms with van der Waals surface area (Å²) in [6, 6.07) is 1.62. The second-order valence-corrected chi connectivity index (χ2v) is 6.96. The average molecular weight is 316 g/mol. The summed E-state index contributed by atoms with van der Waals surface area (Å²) in [5.74, 6) is 0. The van der Waals surface area contributed by atoms with E-state index in [9.17, 15) is 8.42 Å². The molecule has 0 amide bonds. The Balaban J connectivity index is 2.06. The highest BCUT2D eigenvalue weighted by atomic mass is 32.2. The third kappa shape index (κ3) is 7.67. The van der Waals surface area contributed by atoms with Crippen LogP contribution in [0.1, 0.15) is 76.7 Å². The molecular weight excluding hydrogens is 288 g/mol. The van der Waals surface area contributed by atoms with Gasteiger partial charge in [-0.1, -0.05) is 64.7 Å². The molecule has 0 unspecified atom stereocenters. The molecule has 0 spiro atoms. The predicted octanol–water partition coefficient (Wildman–Crippen LogP) is 4.99. The fourth-order valence-electron chi connectivity index (χ4n) is 2.54. The van der Waals surface area contributed by atoms with Crippen molar-refractivity contribution in [1.82, 2.24) is 0 Å². The van der Waals surface area contributed by atoms with Gasteiger partial charge in [-0.05, 0) is 18.9 Å². The number of hydrogen-bond donors (Lipinski definition) is 1. The molecule has 0 aliphatic rings. The van der Waals surface area contributed by atoms with Gasteiger partial charge in [-0.2, -0.15) is 8.42 Å². The van der Waals surface area contributed by atoms with E-state index in [1.807, 2.05) is 0 Å². The molecular formula is C16H28O4S. The van der Waals surface area contributed by atoms with E-state index in [0.717, 1.165) is 12.8 Å². The van der Waals surface area contributed by atoms with Gasteiger partial charge in [-0.25, -0.2) is 0 Å². The van der Waals surface area contributed by atoms with Gasteiger partial charge in [0.1, 0.15) is 0 Å². The van der Waals surface area contributed by atoms with Crippen LogP contribution in [-0.2, 0) is 16.5 Å². The quantitative estimate of drug-likeness (QED) is 0.436. The van der Waals surface area contributed by atoms with Crippen LogP contribution in [0, 0.1) is 0 Å². The summed E-state index contributed by atoms with van der Waals surface area (Å²) in [4.78, 5) is 0. The zero-order valence-electron chi connectivity index (χ0n) is 13.0. The number of aryl methyl sites for hydroxylation is 1. The van der Waals surface area contributed by atoms with E-state index < -0.39 is 10.1 Å². The van der Waals surface area contributed by atoms with Gasteiger partial charge in [0.15, 0.2) is 0 Å². The van der Waals surface area contributed by atoms with E-state index in [2.05, 4.69) is 6.92 Å². The summed E-state index contributed by atoms with van der Waals surface area (Å²) in [5, 5.41) is -0.293. The fraction of sp³-hybridized carbons (Fsp3) is 0.750. The third-order valence-corrected chi connectivity index (χ3v) is 4.57. The van der Waals surface area contributed by atoms with Gasteiger partial charge >= 0.3 is 10.1 Å². The maximum Gasteiger partial charge on any atom is 0.328 e. The first kappa shape index (κ1) is 18.2. The lowest BCUT2D eigenvalue weighted by atomic mass is 10.0. The van der Waals surface area contributed by atoms with Crippen molar-refractivity contribution in [3.05, 3.63) is 17.9 Å². The number of rotatable bonds is 12. The summed E-state index contributed by atoms with van der Waals surface area (Å²) >= 11 is 0. The molecule has 5 heteroatoms. The predicted molar refractivity (Wildman–Crippen MR) is 84.1 cm³/mol. The first-order chi connectivity index (χ1) is 10.1. The minimum Gasteiger partial charge on any atom is -0.451 e. The van der Waals surface area contributed by atoms with Crippen LogP contribution in [0.25, 0.3) is 0 Å². The molecule has 0 fully saturated rings. The summed E-state index contributed by atoms with van der Waals surface area (Å²) < 4.78 is 35.9. The van der Waals surface area contributed by atoms with Gasteiger partial charge in [-0.3, -0.25) is 4.55 Å². The molecule has 0 saturated heterocycles. The number of unbranched alkanes of at least 4 members (excludes halogenated alkanes) is 9. The second-order valence-electron chi connectivity index (χ2n) is 5.64. The van der Waals surface area contributed by atoms with Gasteiger partial charge in [0.05, 0.1) is 6.26 Å². The van der Waals surface area contributed by atoms with Crippen molar-refractivity contribution in [2.75, 3.05) is 0 Å². The topological polar surface area (TPSA) is 67.5 Å². The van der Waals surface area contributed by atoms with Crippen LogP contribution in [0.3, 0.4) is 0 Å². The van der Waals surface area contributed by atoms with Crippen molar-refractivity contribution in [2.45, 2.75) is 82.6 Å². The lowest BCUT2D eigenvalue weighted by Gasteiger charge is -2.02. The average Bonchev–Trinajstić information content (AvgIpc) is 2.89. The smallest absolute Gasteiger partial charge is 0.328 e. The van der Waals surface area contributed by atoms with Gasteiger partial charge < -0.3 is 4.42 Å². The van der Waals surface area contributed by atoms with Crippen molar-refractivity contribution >= 4 is 10.1 Å². The molecule has 21 heavy (non-hydrogen) atoms. The van der Waals surface area contributed by atoms with Gasteiger partial charge in [0.2, 0.25) is 5.09 Å². The highest BCUT2D eigenvalue weighted by molar-refractivity contribution is 7.85. The van der Waals surface area contributed by atoms with Gasteiger partial charge in [0, 0.05) is 5.56 Å². The summed E-state index contributed by atoms with van der Waals surface area (Å²) in [5.41, 5.74) is 0.581. The molecule has 1 rings (SSSR count). The standard InChI is InChI=1S/C16H28O4S/c1-2-3-4-5-6-7-8-9-10-11-12-15-13-14-20-16(15)21(17,18)19/h13-14H,2-12H2,1H3,(H,17,18,19). The van der Waals surface area contributed by atoms with Crippen molar-refractivity contribution in [2.24, 2.45) is 0 Å². The molecule has 0 atom stereocenters. The molecule has 1 heterocycles. The van der Waals surface area contributed by atoms with Crippen LogP contribution in [0.15, 0.2) is 21.8 Å². The number of furan rings is 1. The van der Waals surface area contributed by atoms with E-state index in [1.165, 1.54) is 57.6 Å². The first-order valence-electron chi connectivity index (χ1n) is 8.09. The zero-order valence-corrected chi connectivity index (χ0v) is 13.8. The molecule has 0 bridgehead atoms. The molecule has 1 N–H and O–H groups in total. The number of hydrogen-bond acceptors (Lipinski definition) is 3. The molecule has 0 aliphatic carbocycles. The molecule has 0 saturated carbocycles. The first-order valence-corrected chi connectivity index (χ1v) is 9.53. The second kappa shape index (κ2) is 10.0. The molecule has 0 aliphatic heterocycles. The van der Waals surface area contributed by atoms with Crippen LogP contribution >= 0.6 is 0 Å². The van der Waals surface area contributed by atoms with E-state index in [1.54, 1.807) is 6.07 Å². The molecule has 0 radical (unpaired) electrons. The van der Waals surface area contributed by atoms with Crippen LogP contribution in [0.4, 0.5) is 0 Å². The Bertz CT molecular complexity index is 476.